The summed E-state index contributed by atoms with van der Waals surface area (Å²) in [7, 11) is 0. The molecule has 0 aliphatic rings. The van der Waals surface area contributed by atoms with E-state index in [0.29, 0.717) is 0 Å². The largest absolute Gasteiger partial charge is 0.456 e. The van der Waals surface area contributed by atoms with Crippen LogP contribution in [0.5, 0.6) is 0 Å². The third-order valence-electron chi connectivity index (χ3n) is 13.4. The van der Waals surface area contributed by atoms with Crippen LogP contribution in [0.2, 0.25) is 0 Å². The van der Waals surface area contributed by atoms with Crippen LogP contribution in [0, 0.1) is 0 Å². The molecule has 0 fully saturated rings. The highest BCUT2D eigenvalue weighted by Crippen LogP contribution is 2.46. The fourth-order valence-electron chi connectivity index (χ4n) is 10.0. The minimum absolute atomic E-state index is 0.844. The van der Waals surface area contributed by atoms with Crippen molar-refractivity contribution in [2.75, 3.05) is 14.7 Å². The van der Waals surface area contributed by atoms with Crippen molar-refractivity contribution in [3.05, 3.63) is 273 Å². The molecule has 336 valence electrons. The number of benzene rings is 11. The van der Waals surface area contributed by atoms with E-state index in [2.05, 4.69) is 288 Å². The smallest absolute Gasteiger partial charge is 0.135 e. The molecule has 0 N–H and O–H groups in total. The third kappa shape index (κ3) is 7.94. The predicted octanol–water partition coefficient (Wildman–Crippen LogP) is 19.7. The number of anilines is 9. The molecule has 0 spiro atoms. The number of rotatable bonds is 11. The van der Waals surface area contributed by atoms with E-state index >= 15 is 0 Å². The molecule has 13 rings (SSSR count). The molecule has 4 nitrogen and oxygen atoms in total. The Morgan fingerprint density at radius 2 is 0.493 bits per heavy atom. The average Bonchev–Trinajstić information content (AvgIpc) is 4.00. The summed E-state index contributed by atoms with van der Waals surface area (Å²) in [5, 5.41) is 4.55. The standard InChI is InChI=1S/C66H45N3OS/c1-6-16-46(17-7-1)48-26-30-53(31-27-48)67(50-20-10-3-11-21-50)55-34-38-63-59(42-55)60-43-56(35-39-64(60)70-63)69(52-24-14-5-15-25-52)58-37-41-66-62(45-58)61-44-57(36-40-65(61)71-66)68(51-22-12-4-13-23-51)54-32-28-49(29-33-54)47-18-8-2-9-19-47/h1-45H. The van der Waals surface area contributed by atoms with E-state index in [1.165, 1.54) is 42.4 Å². The molecule has 0 radical (unpaired) electrons. The zero-order valence-electron chi connectivity index (χ0n) is 38.6. The van der Waals surface area contributed by atoms with Crippen LogP contribution in [0.25, 0.3) is 64.4 Å². The number of thiophene rings is 1. The van der Waals surface area contributed by atoms with Crippen LogP contribution in [0.4, 0.5) is 51.2 Å². The molecule has 2 aromatic heterocycles. The molecule has 5 heteroatoms. The van der Waals surface area contributed by atoms with Gasteiger partial charge in [0, 0.05) is 82.1 Å². The number of nitrogens with zero attached hydrogens (tertiary/aromatic N) is 3. The molecular formula is C66H45N3OS. The normalized spacial score (nSPS) is 11.4. The molecule has 11 aromatic carbocycles. The van der Waals surface area contributed by atoms with E-state index in [4.69, 9.17) is 4.42 Å². The molecule has 0 saturated heterocycles. The van der Waals surface area contributed by atoms with Gasteiger partial charge in [-0.2, -0.15) is 0 Å². The maximum absolute atomic E-state index is 6.59. The summed E-state index contributed by atoms with van der Waals surface area (Å²) >= 11 is 1.84. The molecule has 0 aliphatic carbocycles. The lowest BCUT2D eigenvalue weighted by atomic mass is 10.0. The van der Waals surface area contributed by atoms with Crippen LogP contribution < -0.4 is 14.7 Å². The molecule has 0 amide bonds. The van der Waals surface area contributed by atoms with Crippen LogP contribution >= 0.6 is 11.3 Å². The maximum Gasteiger partial charge on any atom is 0.135 e. The summed E-state index contributed by atoms with van der Waals surface area (Å²) in [4.78, 5) is 7.04. The Hall–Kier alpha value is -9.16. The quantitative estimate of drug-likeness (QED) is 0.129. The number of fused-ring (bicyclic) bond motifs is 6. The summed E-state index contributed by atoms with van der Waals surface area (Å²) in [6.07, 6.45) is 0. The zero-order chi connectivity index (χ0) is 47.1. The van der Waals surface area contributed by atoms with E-state index in [1.807, 2.05) is 11.3 Å². The Morgan fingerprint density at radius 1 is 0.225 bits per heavy atom. The van der Waals surface area contributed by atoms with Gasteiger partial charge in [0.25, 0.3) is 0 Å². The van der Waals surface area contributed by atoms with E-state index in [-0.39, 0.29) is 0 Å². The summed E-state index contributed by atoms with van der Waals surface area (Å²) < 4.78 is 9.08. The first-order valence-electron chi connectivity index (χ1n) is 24.0. The van der Waals surface area contributed by atoms with E-state index in [9.17, 15) is 0 Å². The minimum atomic E-state index is 0.844. The van der Waals surface area contributed by atoms with Crippen molar-refractivity contribution in [2.45, 2.75) is 0 Å². The summed E-state index contributed by atoms with van der Waals surface area (Å²) in [5.41, 5.74) is 16.2. The van der Waals surface area contributed by atoms with Gasteiger partial charge in [-0.3, -0.25) is 0 Å². The van der Waals surface area contributed by atoms with E-state index in [0.717, 1.165) is 73.1 Å². The summed E-state index contributed by atoms with van der Waals surface area (Å²) in [6.45, 7) is 0. The van der Waals surface area contributed by atoms with Gasteiger partial charge in [-0.1, -0.05) is 140 Å². The number of hydrogen-bond acceptors (Lipinski definition) is 5. The summed E-state index contributed by atoms with van der Waals surface area (Å²) in [5.74, 6) is 0. The number of hydrogen-bond donors (Lipinski definition) is 0. The number of para-hydroxylation sites is 3. The highest BCUT2D eigenvalue weighted by Gasteiger charge is 2.21. The highest BCUT2D eigenvalue weighted by atomic mass is 32.1. The molecule has 0 aliphatic heterocycles. The Kier molecular flexibility index (Phi) is 10.7. The van der Waals surface area contributed by atoms with Crippen molar-refractivity contribution in [2.24, 2.45) is 0 Å². The van der Waals surface area contributed by atoms with Gasteiger partial charge < -0.3 is 19.1 Å². The molecular weight excluding hydrogens is 883 g/mol. The lowest BCUT2D eigenvalue weighted by Crippen LogP contribution is -2.10. The highest BCUT2D eigenvalue weighted by molar-refractivity contribution is 7.25. The van der Waals surface area contributed by atoms with Crippen molar-refractivity contribution < 1.29 is 4.42 Å². The number of furan rings is 1. The topological polar surface area (TPSA) is 22.9 Å². The SMILES string of the molecule is c1ccc(-c2ccc(N(c3ccccc3)c3ccc4oc5ccc(N(c6ccccc6)c6ccc7sc8ccc(N(c9ccccc9)c9ccc(-c%10ccccc%10)cc9)cc8c7c6)cc5c4c3)cc2)cc1. The van der Waals surface area contributed by atoms with Gasteiger partial charge in [0.2, 0.25) is 0 Å². The average molecular weight is 928 g/mol. The molecule has 13 aromatic rings. The molecule has 0 atom stereocenters. The van der Waals surface area contributed by atoms with E-state index < -0.39 is 0 Å². The molecule has 0 saturated carbocycles. The second kappa shape index (κ2) is 18.1. The van der Waals surface area contributed by atoms with Crippen molar-refractivity contribution >= 4 is 105 Å². The maximum atomic E-state index is 6.59. The van der Waals surface area contributed by atoms with Crippen LogP contribution in [0.15, 0.2) is 277 Å². The van der Waals surface area contributed by atoms with Gasteiger partial charge in [0.05, 0.1) is 0 Å². The predicted molar refractivity (Wildman–Crippen MR) is 302 cm³/mol. The van der Waals surface area contributed by atoms with Crippen molar-refractivity contribution in [1.82, 2.24) is 0 Å². The van der Waals surface area contributed by atoms with Crippen LogP contribution in [-0.4, -0.2) is 0 Å². The van der Waals surface area contributed by atoms with Crippen LogP contribution in [0.1, 0.15) is 0 Å². The lowest BCUT2D eigenvalue weighted by molar-refractivity contribution is 0.669. The van der Waals surface area contributed by atoms with Gasteiger partial charge >= 0.3 is 0 Å². The van der Waals surface area contributed by atoms with Crippen molar-refractivity contribution in [3.8, 4) is 22.3 Å². The van der Waals surface area contributed by atoms with Crippen LogP contribution in [0.3, 0.4) is 0 Å². The molecule has 71 heavy (non-hydrogen) atoms. The Balaban J connectivity index is 0.906. The second-order valence-corrected chi connectivity index (χ2v) is 18.8. The molecule has 2 heterocycles. The first-order valence-corrected chi connectivity index (χ1v) is 24.8. The fraction of sp³-hybridized carbons (Fsp3) is 0. The Morgan fingerprint density at radius 3 is 0.859 bits per heavy atom. The van der Waals surface area contributed by atoms with Crippen molar-refractivity contribution in [3.63, 3.8) is 0 Å². The van der Waals surface area contributed by atoms with Gasteiger partial charge in [-0.25, -0.2) is 0 Å². The molecule has 0 bridgehead atoms. The van der Waals surface area contributed by atoms with Gasteiger partial charge in [-0.05, 0) is 156 Å². The molecule has 0 unspecified atom stereocenters. The van der Waals surface area contributed by atoms with E-state index in [1.54, 1.807) is 0 Å². The van der Waals surface area contributed by atoms with Crippen LogP contribution in [-0.2, 0) is 0 Å². The first kappa shape index (κ1) is 42.0. The van der Waals surface area contributed by atoms with Crippen molar-refractivity contribution in [1.29, 1.82) is 0 Å². The minimum Gasteiger partial charge on any atom is -0.456 e. The van der Waals surface area contributed by atoms with Gasteiger partial charge in [0.1, 0.15) is 11.2 Å². The Bertz CT molecular complexity index is 3720. The van der Waals surface area contributed by atoms with Gasteiger partial charge in [-0.15, -0.1) is 11.3 Å². The second-order valence-electron chi connectivity index (χ2n) is 17.8. The Labute approximate surface area is 416 Å². The fourth-order valence-corrected chi connectivity index (χ4v) is 11.1. The first-order chi connectivity index (χ1) is 35.2. The monoisotopic (exact) mass is 927 g/mol. The lowest BCUT2D eigenvalue weighted by Gasteiger charge is -2.26. The summed E-state index contributed by atoms with van der Waals surface area (Å²) in [6, 6.07) is 97.7. The third-order valence-corrected chi connectivity index (χ3v) is 14.6. The van der Waals surface area contributed by atoms with Gasteiger partial charge in [0.15, 0.2) is 0 Å². The zero-order valence-corrected chi connectivity index (χ0v) is 39.5.